The summed E-state index contributed by atoms with van der Waals surface area (Å²) in [5.74, 6) is 0.135. The number of thiazole rings is 1. The van der Waals surface area contributed by atoms with Gasteiger partial charge >= 0.3 is 0 Å². The number of nitrogens with two attached hydrogens (primary N) is 1. The van der Waals surface area contributed by atoms with Gasteiger partial charge in [0.15, 0.2) is 16.5 Å². The fourth-order valence-electron chi connectivity index (χ4n) is 4.07. The first-order valence-corrected chi connectivity index (χ1v) is 11.3. The first kappa shape index (κ1) is 20.4. The van der Waals surface area contributed by atoms with Crippen LogP contribution in [0, 0.1) is 0 Å². The Balaban J connectivity index is 1.33. The number of amides is 2. The molecule has 0 radical (unpaired) electrons. The van der Waals surface area contributed by atoms with Crippen LogP contribution in [-0.4, -0.2) is 34.3 Å². The average Bonchev–Trinajstić information content (AvgIpc) is 3.53. The molecule has 7 nitrogen and oxygen atoms in total. The largest absolute Gasteiger partial charge is 0.448 e. The standard InChI is InChI=1S/C24H22N4O3S/c25-22(29)18-9-5-13-28(18)14-15-6-1-2-7-16(15)26-23(30)19-11-12-20(31-19)24-27-17-8-3-4-10-21(17)32-24/h1-4,6-8,10-12,18H,5,9,13-14H2,(H2,25,29)(H,26,30). The molecule has 0 bridgehead atoms. The molecule has 3 N–H and O–H groups in total. The summed E-state index contributed by atoms with van der Waals surface area (Å²) < 4.78 is 6.88. The lowest BCUT2D eigenvalue weighted by molar-refractivity contribution is -0.122. The van der Waals surface area contributed by atoms with E-state index in [1.807, 2.05) is 48.5 Å². The lowest BCUT2D eigenvalue weighted by atomic mass is 10.1. The molecule has 1 fully saturated rings. The summed E-state index contributed by atoms with van der Waals surface area (Å²) in [5.41, 5.74) is 8.06. The number of benzene rings is 2. The maximum Gasteiger partial charge on any atom is 0.291 e. The Kier molecular flexibility index (Phi) is 5.46. The van der Waals surface area contributed by atoms with Crippen molar-refractivity contribution in [1.29, 1.82) is 0 Å². The number of rotatable bonds is 6. The number of nitrogens with zero attached hydrogens (tertiary/aromatic N) is 2. The number of para-hydroxylation sites is 2. The van der Waals surface area contributed by atoms with Crippen LogP contribution < -0.4 is 11.1 Å². The van der Waals surface area contributed by atoms with Gasteiger partial charge in [0, 0.05) is 12.2 Å². The molecule has 4 aromatic rings. The van der Waals surface area contributed by atoms with Gasteiger partial charge in [-0.25, -0.2) is 4.98 Å². The molecule has 1 saturated heterocycles. The molecule has 2 amide bonds. The Labute approximate surface area is 188 Å². The highest BCUT2D eigenvalue weighted by molar-refractivity contribution is 7.21. The first-order valence-electron chi connectivity index (χ1n) is 10.5. The molecular formula is C24H22N4O3S. The van der Waals surface area contributed by atoms with Gasteiger partial charge in [-0.05, 0) is 55.3 Å². The van der Waals surface area contributed by atoms with Crippen LogP contribution in [0.25, 0.3) is 21.0 Å². The fourth-order valence-corrected chi connectivity index (χ4v) is 5.00. The van der Waals surface area contributed by atoms with Crippen LogP contribution in [0.4, 0.5) is 5.69 Å². The summed E-state index contributed by atoms with van der Waals surface area (Å²) in [6, 6.07) is 18.6. The van der Waals surface area contributed by atoms with Crippen LogP contribution in [0.2, 0.25) is 0 Å². The highest BCUT2D eigenvalue weighted by Crippen LogP contribution is 2.31. The number of carbonyl (C=O) groups excluding carboxylic acids is 2. The zero-order chi connectivity index (χ0) is 22.1. The van der Waals surface area contributed by atoms with Crippen molar-refractivity contribution in [2.75, 3.05) is 11.9 Å². The topological polar surface area (TPSA) is 101 Å². The minimum absolute atomic E-state index is 0.213. The summed E-state index contributed by atoms with van der Waals surface area (Å²) in [5, 5.41) is 3.68. The lowest BCUT2D eigenvalue weighted by Crippen LogP contribution is -2.39. The molecule has 0 spiro atoms. The van der Waals surface area contributed by atoms with Crippen molar-refractivity contribution in [3.05, 3.63) is 72.0 Å². The number of anilines is 1. The highest BCUT2D eigenvalue weighted by atomic mass is 32.1. The Morgan fingerprint density at radius 2 is 1.94 bits per heavy atom. The van der Waals surface area contributed by atoms with E-state index in [1.165, 1.54) is 11.3 Å². The molecule has 2 aromatic heterocycles. The van der Waals surface area contributed by atoms with Gasteiger partial charge in [0.05, 0.1) is 16.3 Å². The average molecular weight is 447 g/mol. The number of nitrogens with one attached hydrogen (secondary N) is 1. The molecule has 1 aliphatic rings. The van der Waals surface area contributed by atoms with Crippen molar-refractivity contribution in [2.24, 2.45) is 5.73 Å². The van der Waals surface area contributed by atoms with Crippen LogP contribution in [0.1, 0.15) is 29.0 Å². The zero-order valence-corrected chi connectivity index (χ0v) is 18.1. The molecule has 162 valence electrons. The Morgan fingerprint density at radius 1 is 1.12 bits per heavy atom. The van der Waals surface area contributed by atoms with E-state index >= 15 is 0 Å². The molecule has 3 heterocycles. The normalized spacial score (nSPS) is 16.4. The van der Waals surface area contributed by atoms with Crippen molar-refractivity contribution in [1.82, 2.24) is 9.88 Å². The van der Waals surface area contributed by atoms with E-state index in [9.17, 15) is 9.59 Å². The number of furan rings is 1. The second-order valence-electron chi connectivity index (χ2n) is 7.79. The minimum atomic E-state index is -0.335. The summed E-state index contributed by atoms with van der Waals surface area (Å²) in [6.45, 7) is 1.35. The SMILES string of the molecule is NC(=O)C1CCCN1Cc1ccccc1NC(=O)c1ccc(-c2nc3ccccc3s2)o1. The number of likely N-dealkylation sites (tertiary alicyclic amines) is 1. The van der Waals surface area contributed by atoms with Crippen LogP contribution in [0.15, 0.2) is 65.1 Å². The van der Waals surface area contributed by atoms with Crippen molar-refractivity contribution in [3.63, 3.8) is 0 Å². The number of fused-ring (bicyclic) bond motifs is 1. The third-order valence-corrected chi connectivity index (χ3v) is 6.72. The number of hydrogen-bond acceptors (Lipinski definition) is 6. The minimum Gasteiger partial charge on any atom is -0.448 e. The van der Waals surface area contributed by atoms with Crippen molar-refractivity contribution in [3.8, 4) is 10.8 Å². The molecule has 8 heteroatoms. The van der Waals surface area contributed by atoms with E-state index in [2.05, 4.69) is 15.2 Å². The van der Waals surface area contributed by atoms with E-state index in [1.54, 1.807) is 12.1 Å². The van der Waals surface area contributed by atoms with E-state index < -0.39 is 0 Å². The van der Waals surface area contributed by atoms with Crippen LogP contribution in [-0.2, 0) is 11.3 Å². The number of carbonyl (C=O) groups is 2. The molecular weight excluding hydrogens is 424 g/mol. The molecule has 0 saturated carbocycles. The third kappa shape index (κ3) is 4.02. The van der Waals surface area contributed by atoms with Gasteiger partial charge in [0.1, 0.15) is 0 Å². The molecule has 0 aliphatic carbocycles. The van der Waals surface area contributed by atoms with Gasteiger partial charge in [-0.3, -0.25) is 14.5 Å². The summed E-state index contributed by atoms with van der Waals surface area (Å²) >= 11 is 1.52. The number of primary amides is 1. The quantitative estimate of drug-likeness (QED) is 0.461. The Morgan fingerprint density at radius 3 is 2.78 bits per heavy atom. The van der Waals surface area contributed by atoms with Gasteiger partial charge in [-0.1, -0.05) is 30.3 Å². The van der Waals surface area contributed by atoms with Gasteiger partial charge in [-0.2, -0.15) is 0 Å². The van der Waals surface area contributed by atoms with Crippen LogP contribution in [0.5, 0.6) is 0 Å². The molecule has 1 atom stereocenters. The lowest BCUT2D eigenvalue weighted by Gasteiger charge is -2.23. The van der Waals surface area contributed by atoms with E-state index in [4.69, 9.17) is 10.2 Å². The van der Waals surface area contributed by atoms with E-state index in [-0.39, 0.29) is 23.6 Å². The summed E-state index contributed by atoms with van der Waals surface area (Å²) in [6.07, 6.45) is 1.70. The van der Waals surface area contributed by atoms with Crippen LogP contribution >= 0.6 is 11.3 Å². The monoisotopic (exact) mass is 446 g/mol. The second kappa shape index (κ2) is 8.57. The number of hydrogen-bond donors (Lipinski definition) is 2. The smallest absolute Gasteiger partial charge is 0.291 e. The predicted octanol–water partition coefficient (Wildman–Crippen LogP) is 4.26. The van der Waals surface area contributed by atoms with Gasteiger partial charge < -0.3 is 15.5 Å². The van der Waals surface area contributed by atoms with Gasteiger partial charge in [-0.15, -0.1) is 11.3 Å². The maximum absolute atomic E-state index is 12.9. The second-order valence-corrected chi connectivity index (χ2v) is 8.82. The van der Waals surface area contributed by atoms with Gasteiger partial charge in [0.25, 0.3) is 5.91 Å². The van der Waals surface area contributed by atoms with Crippen molar-refractivity contribution >= 4 is 39.1 Å². The maximum atomic E-state index is 12.9. The third-order valence-electron chi connectivity index (χ3n) is 5.67. The molecule has 2 aromatic carbocycles. The Bertz CT molecular complexity index is 1260. The summed E-state index contributed by atoms with van der Waals surface area (Å²) in [4.78, 5) is 31.2. The van der Waals surface area contributed by atoms with E-state index in [0.717, 1.165) is 40.2 Å². The van der Waals surface area contributed by atoms with Gasteiger partial charge in [0.2, 0.25) is 5.91 Å². The molecule has 5 rings (SSSR count). The van der Waals surface area contributed by atoms with Crippen LogP contribution in [0.3, 0.4) is 0 Å². The van der Waals surface area contributed by atoms with Crippen molar-refractivity contribution in [2.45, 2.75) is 25.4 Å². The fraction of sp³-hybridized carbons (Fsp3) is 0.208. The predicted molar refractivity (Wildman–Crippen MR) is 124 cm³/mol. The Hall–Kier alpha value is -3.49. The van der Waals surface area contributed by atoms with Crippen molar-refractivity contribution < 1.29 is 14.0 Å². The summed E-state index contributed by atoms with van der Waals surface area (Å²) in [7, 11) is 0. The number of aromatic nitrogens is 1. The molecule has 1 unspecified atom stereocenters. The molecule has 32 heavy (non-hydrogen) atoms. The zero-order valence-electron chi connectivity index (χ0n) is 17.3. The molecule has 1 aliphatic heterocycles. The first-order chi connectivity index (χ1) is 15.6. The van der Waals surface area contributed by atoms with E-state index in [0.29, 0.717) is 18.0 Å². The highest BCUT2D eigenvalue weighted by Gasteiger charge is 2.29.